The number of rotatable bonds is 7. The molecule has 1 aliphatic rings. The standard InChI is InChI=1S/C23H30N4O3.C7H8/c1-16-14-17(2)26-23(20(16)15-25-18(3)28)30-21-7-5-4-6-19(21)8-9-22(29)27-12-10-24-11-13-27;1-7-5-3-2-4-6-7/h4-7,14,24H,8-13,15H2,1-3H3,(H,25,28);2-6H,1H3. The number of nitrogens with one attached hydrogen (secondary N) is 2. The Morgan fingerprint density at radius 1 is 1.00 bits per heavy atom. The van der Waals surface area contributed by atoms with Crippen molar-refractivity contribution in [3.63, 3.8) is 0 Å². The number of ether oxygens (including phenoxy) is 1. The minimum Gasteiger partial charge on any atom is -0.438 e. The lowest BCUT2D eigenvalue weighted by molar-refractivity contribution is -0.131. The van der Waals surface area contributed by atoms with Crippen molar-refractivity contribution in [3.05, 3.63) is 88.6 Å². The van der Waals surface area contributed by atoms with Crippen LogP contribution in [-0.2, 0) is 22.6 Å². The van der Waals surface area contributed by atoms with Crippen LogP contribution in [0.4, 0.5) is 0 Å². The van der Waals surface area contributed by atoms with Crippen molar-refractivity contribution in [2.75, 3.05) is 26.2 Å². The molecule has 1 aliphatic heterocycles. The van der Waals surface area contributed by atoms with Gasteiger partial charge < -0.3 is 20.3 Å². The van der Waals surface area contributed by atoms with Crippen LogP contribution in [0.2, 0.25) is 0 Å². The molecule has 7 heteroatoms. The highest BCUT2D eigenvalue weighted by Gasteiger charge is 2.18. The molecule has 0 aliphatic carbocycles. The van der Waals surface area contributed by atoms with Gasteiger partial charge in [-0.15, -0.1) is 0 Å². The fourth-order valence-electron chi connectivity index (χ4n) is 4.10. The summed E-state index contributed by atoms with van der Waals surface area (Å²) in [6.07, 6.45) is 1.05. The molecule has 7 nitrogen and oxygen atoms in total. The molecule has 1 fully saturated rings. The molecule has 2 N–H and O–H groups in total. The number of para-hydroxylation sites is 1. The number of amides is 2. The number of hydrogen-bond acceptors (Lipinski definition) is 5. The molecule has 196 valence electrons. The topological polar surface area (TPSA) is 83.6 Å². The lowest BCUT2D eigenvalue weighted by Gasteiger charge is -2.27. The molecule has 37 heavy (non-hydrogen) atoms. The minimum atomic E-state index is -0.104. The maximum Gasteiger partial charge on any atom is 0.224 e. The fraction of sp³-hybridized carbons (Fsp3) is 0.367. The van der Waals surface area contributed by atoms with Gasteiger partial charge in [0.25, 0.3) is 0 Å². The largest absolute Gasteiger partial charge is 0.438 e. The second kappa shape index (κ2) is 14.1. The monoisotopic (exact) mass is 502 g/mol. The molecule has 0 atom stereocenters. The van der Waals surface area contributed by atoms with Crippen molar-refractivity contribution in [3.8, 4) is 11.6 Å². The number of benzene rings is 2. The minimum absolute atomic E-state index is 0.104. The summed E-state index contributed by atoms with van der Waals surface area (Å²) < 4.78 is 6.22. The van der Waals surface area contributed by atoms with E-state index in [-0.39, 0.29) is 11.8 Å². The summed E-state index contributed by atoms with van der Waals surface area (Å²) >= 11 is 0. The molecular formula is C30H38N4O3. The van der Waals surface area contributed by atoms with Crippen LogP contribution in [0.1, 0.15) is 41.3 Å². The first-order valence-electron chi connectivity index (χ1n) is 12.8. The van der Waals surface area contributed by atoms with Gasteiger partial charge in [-0.3, -0.25) is 9.59 Å². The van der Waals surface area contributed by atoms with E-state index in [0.717, 1.165) is 48.6 Å². The predicted octanol–water partition coefficient (Wildman–Crippen LogP) is 4.49. The van der Waals surface area contributed by atoms with Crippen LogP contribution in [0.3, 0.4) is 0 Å². The molecule has 0 bridgehead atoms. The molecule has 0 radical (unpaired) electrons. The lowest BCUT2D eigenvalue weighted by Crippen LogP contribution is -2.46. The highest BCUT2D eigenvalue weighted by molar-refractivity contribution is 5.76. The van der Waals surface area contributed by atoms with Gasteiger partial charge in [0.2, 0.25) is 17.7 Å². The lowest BCUT2D eigenvalue weighted by atomic mass is 10.1. The van der Waals surface area contributed by atoms with Crippen LogP contribution in [0, 0.1) is 20.8 Å². The molecule has 2 heterocycles. The van der Waals surface area contributed by atoms with E-state index in [1.54, 1.807) is 0 Å². The molecule has 3 aromatic rings. The zero-order chi connectivity index (χ0) is 26.6. The summed E-state index contributed by atoms with van der Waals surface area (Å²) in [4.78, 5) is 30.4. The third-order valence-electron chi connectivity index (χ3n) is 6.15. The highest BCUT2D eigenvalue weighted by atomic mass is 16.5. The van der Waals surface area contributed by atoms with Gasteiger partial charge in [0, 0.05) is 57.3 Å². The first-order chi connectivity index (χ1) is 17.8. The Morgan fingerprint density at radius 2 is 1.68 bits per heavy atom. The van der Waals surface area contributed by atoms with Gasteiger partial charge in [0.1, 0.15) is 5.75 Å². The molecule has 0 spiro atoms. The molecule has 1 aromatic heterocycles. The molecule has 0 unspecified atom stereocenters. The van der Waals surface area contributed by atoms with Crippen molar-refractivity contribution >= 4 is 11.8 Å². The van der Waals surface area contributed by atoms with Crippen molar-refractivity contribution in [1.82, 2.24) is 20.5 Å². The van der Waals surface area contributed by atoms with Gasteiger partial charge in [0.15, 0.2) is 0 Å². The van der Waals surface area contributed by atoms with Gasteiger partial charge in [0.05, 0.1) is 0 Å². The van der Waals surface area contributed by atoms with E-state index in [4.69, 9.17) is 4.74 Å². The van der Waals surface area contributed by atoms with Gasteiger partial charge in [-0.05, 0) is 50.5 Å². The molecule has 2 amide bonds. The van der Waals surface area contributed by atoms with Crippen LogP contribution >= 0.6 is 0 Å². The maximum absolute atomic E-state index is 12.5. The number of aryl methyl sites for hydroxylation is 4. The summed E-state index contributed by atoms with van der Waals surface area (Å²) in [5, 5.41) is 6.09. The second-order valence-electron chi connectivity index (χ2n) is 9.27. The van der Waals surface area contributed by atoms with Crippen LogP contribution in [0.25, 0.3) is 0 Å². The fourth-order valence-corrected chi connectivity index (χ4v) is 4.10. The number of aromatic nitrogens is 1. The summed E-state index contributed by atoms with van der Waals surface area (Å²) in [7, 11) is 0. The van der Waals surface area contributed by atoms with E-state index in [9.17, 15) is 9.59 Å². The first-order valence-corrected chi connectivity index (χ1v) is 12.8. The van der Waals surface area contributed by atoms with E-state index in [1.807, 2.05) is 67.3 Å². The van der Waals surface area contributed by atoms with Crippen molar-refractivity contribution in [2.24, 2.45) is 0 Å². The number of piperazine rings is 1. The average molecular weight is 503 g/mol. The third kappa shape index (κ3) is 9.03. The van der Waals surface area contributed by atoms with Gasteiger partial charge in [-0.25, -0.2) is 4.98 Å². The Balaban J connectivity index is 0.000000468. The summed E-state index contributed by atoms with van der Waals surface area (Å²) in [6.45, 7) is 11.0. The number of pyridine rings is 1. The number of nitrogens with zero attached hydrogens (tertiary/aromatic N) is 2. The first kappa shape index (κ1) is 27.9. The quantitative estimate of drug-likeness (QED) is 0.498. The van der Waals surface area contributed by atoms with Gasteiger partial charge in [-0.1, -0.05) is 54.1 Å². The predicted molar refractivity (Wildman–Crippen MR) is 147 cm³/mol. The Morgan fingerprint density at radius 3 is 2.32 bits per heavy atom. The zero-order valence-electron chi connectivity index (χ0n) is 22.3. The number of carbonyl (C=O) groups is 2. The van der Waals surface area contributed by atoms with Gasteiger partial charge in [-0.2, -0.15) is 0 Å². The molecular weight excluding hydrogens is 464 g/mol. The third-order valence-corrected chi connectivity index (χ3v) is 6.15. The smallest absolute Gasteiger partial charge is 0.224 e. The van der Waals surface area contributed by atoms with Crippen LogP contribution < -0.4 is 15.4 Å². The van der Waals surface area contributed by atoms with E-state index in [2.05, 4.69) is 34.7 Å². The zero-order valence-corrected chi connectivity index (χ0v) is 22.3. The molecule has 2 aromatic carbocycles. The van der Waals surface area contributed by atoms with Crippen molar-refractivity contribution in [2.45, 2.75) is 47.1 Å². The summed E-state index contributed by atoms with van der Waals surface area (Å²) in [5.74, 6) is 1.24. The second-order valence-corrected chi connectivity index (χ2v) is 9.27. The summed E-state index contributed by atoms with van der Waals surface area (Å²) in [5.41, 5.74) is 5.00. The number of hydrogen-bond donors (Lipinski definition) is 2. The SMILES string of the molecule is CC(=O)NCc1c(C)cc(C)nc1Oc1ccccc1CCC(=O)N1CCNCC1.Cc1ccccc1. The van der Waals surface area contributed by atoms with Crippen molar-refractivity contribution < 1.29 is 14.3 Å². The van der Waals surface area contributed by atoms with Crippen LogP contribution in [0.5, 0.6) is 11.6 Å². The van der Waals surface area contributed by atoms with Crippen molar-refractivity contribution in [1.29, 1.82) is 0 Å². The van der Waals surface area contributed by atoms with E-state index < -0.39 is 0 Å². The van der Waals surface area contributed by atoms with Gasteiger partial charge >= 0.3 is 0 Å². The molecule has 0 saturated carbocycles. The Hall–Kier alpha value is -3.71. The summed E-state index contributed by atoms with van der Waals surface area (Å²) in [6, 6.07) is 20.0. The molecule has 1 saturated heterocycles. The van der Waals surface area contributed by atoms with Crippen LogP contribution in [0.15, 0.2) is 60.7 Å². The Labute approximate surface area is 220 Å². The highest BCUT2D eigenvalue weighted by Crippen LogP contribution is 2.29. The Kier molecular flexibility index (Phi) is 10.6. The average Bonchev–Trinajstić information content (AvgIpc) is 2.88. The van der Waals surface area contributed by atoms with E-state index in [0.29, 0.717) is 31.0 Å². The Bertz CT molecular complexity index is 1170. The van der Waals surface area contributed by atoms with E-state index in [1.165, 1.54) is 12.5 Å². The number of carbonyl (C=O) groups excluding carboxylic acids is 2. The van der Waals surface area contributed by atoms with E-state index >= 15 is 0 Å². The molecule has 4 rings (SSSR count). The van der Waals surface area contributed by atoms with Crippen LogP contribution in [-0.4, -0.2) is 47.9 Å². The maximum atomic E-state index is 12.5. The normalized spacial score (nSPS) is 12.8.